The molecule has 0 aromatic heterocycles. The van der Waals surface area contributed by atoms with E-state index in [4.69, 9.17) is 32.9 Å². The maximum atomic E-state index is 15.5. The van der Waals surface area contributed by atoms with Gasteiger partial charge in [0.15, 0.2) is 17.1 Å². The van der Waals surface area contributed by atoms with E-state index < -0.39 is 18.1 Å². The van der Waals surface area contributed by atoms with E-state index in [1.807, 2.05) is 12.1 Å². The zero-order valence-corrected chi connectivity index (χ0v) is 24.1. The first kappa shape index (κ1) is 31.4. The molecule has 0 N–H and O–H groups in total. The molecule has 0 aliphatic rings. The Bertz CT molecular complexity index is 2390. The van der Waals surface area contributed by atoms with Gasteiger partial charge in [0.05, 0.1) is 36.6 Å². The van der Waals surface area contributed by atoms with Gasteiger partial charge in [-0.25, -0.2) is 9.24 Å². The largest absolute Gasteiger partial charge is 0.527 e. The molecule has 4 aromatic carbocycles. The molecule has 9 heteroatoms. The van der Waals surface area contributed by atoms with Gasteiger partial charge in [-0.1, -0.05) is 54.6 Å². The number of benzene rings is 4. The van der Waals surface area contributed by atoms with Crippen molar-refractivity contribution in [2.75, 3.05) is 0 Å². The van der Waals surface area contributed by atoms with Crippen LogP contribution >= 0.6 is 0 Å². The van der Waals surface area contributed by atoms with Gasteiger partial charge in [0, 0.05) is 10.8 Å². The number of hydrogen-bond donors (Lipinski definition) is 0. The van der Waals surface area contributed by atoms with Gasteiger partial charge in [-0.15, -0.1) is 0 Å². The molecule has 4 aromatic rings. The minimum atomic E-state index is -1.21. The van der Waals surface area contributed by atoms with E-state index in [2.05, 4.69) is 30.3 Å². The maximum Gasteiger partial charge on any atom is 0.527 e. The van der Waals surface area contributed by atoms with Crippen LogP contribution < -0.4 is 10.4 Å². The van der Waals surface area contributed by atoms with Crippen LogP contribution in [0.15, 0.2) is 60.7 Å². The molecule has 212 valence electrons. The molecule has 0 radical (unpaired) electrons. The number of nitriles is 3. The van der Waals surface area contributed by atoms with Gasteiger partial charge in [-0.3, -0.25) is 9.69 Å². The van der Waals surface area contributed by atoms with Crippen LogP contribution in [0.4, 0.5) is 21.5 Å². The lowest BCUT2D eigenvalue weighted by Gasteiger charge is -2.20. The molecule has 46 heavy (non-hydrogen) atoms. The zero-order chi connectivity index (χ0) is 33.4. The van der Waals surface area contributed by atoms with Gasteiger partial charge in [0.1, 0.15) is 37.5 Å². The van der Waals surface area contributed by atoms with Crippen molar-refractivity contribution in [3.05, 3.63) is 156 Å². The number of alkyl halides is 1. The lowest BCUT2D eigenvalue weighted by atomic mass is 9.82. The predicted octanol–water partition coefficient (Wildman–Crippen LogP) is 8.02. The molecular formula is C37H17FN8. The summed E-state index contributed by atoms with van der Waals surface area (Å²) in [4.78, 5) is 17.2. The van der Waals surface area contributed by atoms with Gasteiger partial charge < -0.3 is 0 Å². The summed E-state index contributed by atoms with van der Waals surface area (Å²) in [6.45, 7) is 38.7. The van der Waals surface area contributed by atoms with E-state index in [0.717, 1.165) is 0 Å². The monoisotopic (exact) mass is 592 g/mol. The number of hydrogen-bond acceptors (Lipinski definition) is 3. The molecule has 0 spiro atoms. The Kier molecular flexibility index (Phi) is 9.31. The summed E-state index contributed by atoms with van der Waals surface area (Å²) in [6.07, 6.45) is 0.0308. The highest BCUT2D eigenvalue weighted by atomic mass is 19.1. The summed E-state index contributed by atoms with van der Waals surface area (Å²) < 4.78 is 15.5. The predicted molar refractivity (Wildman–Crippen MR) is 170 cm³/mol. The average Bonchev–Trinajstić information content (AvgIpc) is 3.09. The number of halogens is 1. The number of rotatable bonds is 5. The van der Waals surface area contributed by atoms with Crippen molar-refractivity contribution in [2.45, 2.75) is 20.0 Å². The lowest BCUT2D eigenvalue weighted by molar-refractivity contribution is 0.484. The Labute approximate surface area is 264 Å². The molecule has 0 saturated carbocycles. The second kappa shape index (κ2) is 13.6. The molecule has 0 heterocycles. The second-order valence-electron chi connectivity index (χ2n) is 9.76. The fourth-order valence-corrected chi connectivity index (χ4v) is 5.30. The van der Waals surface area contributed by atoms with Crippen molar-refractivity contribution in [1.82, 2.24) is 0 Å². The van der Waals surface area contributed by atoms with Crippen LogP contribution in [0.25, 0.3) is 57.9 Å². The number of aryl methyl sites for hydroxylation is 1. The van der Waals surface area contributed by atoms with E-state index in [9.17, 15) is 15.8 Å². The third-order valence-corrected chi connectivity index (χ3v) is 7.34. The van der Waals surface area contributed by atoms with Gasteiger partial charge in [-0.2, -0.15) is 25.5 Å². The lowest BCUT2D eigenvalue weighted by Crippen LogP contribution is -2.29. The van der Waals surface area contributed by atoms with Crippen molar-refractivity contribution >= 4 is 28.5 Å². The van der Waals surface area contributed by atoms with Crippen LogP contribution in [0, 0.1) is 73.8 Å². The molecule has 0 amide bonds. The zero-order valence-electron chi connectivity index (χ0n) is 24.1. The first-order chi connectivity index (χ1) is 22.3. The van der Waals surface area contributed by atoms with E-state index in [1.165, 1.54) is 18.2 Å². The van der Waals surface area contributed by atoms with E-state index >= 15 is 4.39 Å². The third kappa shape index (κ3) is 5.61. The van der Waals surface area contributed by atoms with Crippen LogP contribution in [-0.4, -0.2) is 0 Å². The molecule has 0 fully saturated rings. The highest BCUT2D eigenvalue weighted by Gasteiger charge is 2.27. The van der Waals surface area contributed by atoms with Crippen LogP contribution in [-0.2, 0) is 13.1 Å². The summed E-state index contributed by atoms with van der Waals surface area (Å²) in [5, 5.41) is 29.9. The van der Waals surface area contributed by atoms with Crippen molar-refractivity contribution in [2.24, 2.45) is 0 Å². The highest BCUT2D eigenvalue weighted by molar-refractivity contribution is 5.89. The van der Waals surface area contributed by atoms with E-state index in [1.54, 1.807) is 49.4 Å². The fraction of sp³-hybridized carbons (Fsp3) is 0.0811. The van der Waals surface area contributed by atoms with Crippen molar-refractivity contribution in [3.63, 3.8) is 0 Å². The first-order valence-corrected chi connectivity index (χ1v) is 13.3. The normalized spacial score (nSPS) is 9.52. The quantitative estimate of drug-likeness (QED) is 0.220. The molecule has 0 aliphatic carbocycles. The Morgan fingerprint density at radius 1 is 0.717 bits per heavy atom. The van der Waals surface area contributed by atoms with Crippen LogP contribution in [0.2, 0.25) is 0 Å². The third-order valence-electron chi connectivity index (χ3n) is 7.34. The second-order valence-corrected chi connectivity index (χ2v) is 9.76. The molecule has 0 aliphatic heterocycles. The smallest absolute Gasteiger partial charge is 0.250 e. The van der Waals surface area contributed by atoms with Gasteiger partial charge >= 0.3 is 5.82 Å². The molecule has 0 saturated heterocycles. The van der Waals surface area contributed by atoms with E-state index in [0.29, 0.717) is 33.5 Å². The fourth-order valence-electron chi connectivity index (χ4n) is 5.30. The Morgan fingerprint density at radius 3 is 1.85 bits per heavy atom. The topological polar surface area (TPSA) is 93.2 Å². The van der Waals surface area contributed by atoms with Crippen LogP contribution in [0.5, 0.6) is 0 Å². The van der Waals surface area contributed by atoms with Crippen molar-refractivity contribution < 1.29 is 4.39 Å². The minimum Gasteiger partial charge on any atom is -0.250 e. The maximum absolute atomic E-state index is 15.5. The average molecular weight is 593 g/mol. The standard InChI is InChI=1S/C37H17FN8/c1-22-15-24(9-10-26(22)19-39)33-29(16-23-7-12-28(42-2)13-8-23)36(37(45-5)46-6)34(30(18-38)35(33)27(20-40)21-41)25-11-14-31(43-3)32(17-25)44-4/h7-15,17H,16,18H2,1H3. The Hall–Kier alpha value is -7.53. The molecule has 4 rings (SSSR count). The first-order valence-electron chi connectivity index (χ1n) is 13.3. The van der Waals surface area contributed by atoms with Crippen LogP contribution in [0.3, 0.4) is 0 Å². The summed E-state index contributed by atoms with van der Waals surface area (Å²) in [5.74, 6) is -0.412. The summed E-state index contributed by atoms with van der Waals surface area (Å²) in [7, 11) is 0. The highest BCUT2D eigenvalue weighted by Crippen LogP contribution is 2.36. The van der Waals surface area contributed by atoms with Crippen molar-refractivity contribution in [1.29, 1.82) is 15.8 Å². The van der Waals surface area contributed by atoms with Gasteiger partial charge in [0.2, 0.25) is 0 Å². The van der Waals surface area contributed by atoms with E-state index in [-0.39, 0.29) is 50.5 Å². The summed E-state index contributed by atoms with van der Waals surface area (Å²) >= 11 is 0. The van der Waals surface area contributed by atoms with Gasteiger partial charge in [-0.05, 0) is 58.4 Å². The Morgan fingerprint density at radius 2 is 1.33 bits per heavy atom. The van der Waals surface area contributed by atoms with Gasteiger partial charge in [0.25, 0.3) is 0 Å². The van der Waals surface area contributed by atoms with Crippen molar-refractivity contribution in [3.8, 4) is 40.5 Å². The summed E-state index contributed by atoms with van der Waals surface area (Å²) in [5.41, 5.74) is 2.66. The minimum absolute atomic E-state index is 0.0308. The molecule has 0 bridgehead atoms. The molecule has 8 nitrogen and oxygen atoms in total. The summed E-state index contributed by atoms with van der Waals surface area (Å²) in [6, 6.07) is 21.5. The Balaban J connectivity index is 2.46. The molecular weight excluding hydrogens is 575 g/mol. The molecule has 0 atom stereocenters. The van der Waals surface area contributed by atoms with Crippen LogP contribution in [0.1, 0.15) is 27.8 Å². The molecule has 0 unspecified atom stereocenters. The number of nitrogens with zero attached hydrogens (tertiary/aromatic N) is 8. The SMILES string of the molecule is [C-]#[N+]C([N+]#[C-])=c1c(Cc2ccc([N+]#[C-])cc2)c(-c2ccc(C#N)c(C)c2)c(=C(C#N)C#N)c(CF)c1-c1ccc([N+]#[C-])c([N+]#[C-])c1.